The highest BCUT2D eigenvalue weighted by molar-refractivity contribution is 7.22. The van der Waals surface area contributed by atoms with Crippen molar-refractivity contribution in [2.45, 2.75) is 6.42 Å². The SMILES string of the molecule is OC[C@@H](CNc1nc2ccccc2s1)Cc1ccc(F)cc1. The van der Waals surface area contributed by atoms with Crippen LogP contribution < -0.4 is 5.32 Å². The van der Waals surface area contributed by atoms with Crippen LogP contribution in [-0.4, -0.2) is 23.2 Å². The third-order valence-corrected chi connectivity index (χ3v) is 4.53. The third-order valence-electron chi connectivity index (χ3n) is 3.53. The summed E-state index contributed by atoms with van der Waals surface area (Å²) in [6.45, 7) is 0.711. The summed E-state index contributed by atoms with van der Waals surface area (Å²) in [7, 11) is 0. The number of nitrogens with one attached hydrogen (secondary N) is 1. The molecule has 0 aliphatic rings. The van der Waals surface area contributed by atoms with Crippen LogP contribution in [-0.2, 0) is 6.42 Å². The molecule has 3 nitrogen and oxygen atoms in total. The summed E-state index contributed by atoms with van der Waals surface area (Å²) < 4.78 is 14.1. The molecule has 0 saturated carbocycles. The van der Waals surface area contributed by atoms with Gasteiger partial charge in [0.15, 0.2) is 5.13 Å². The Morgan fingerprint density at radius 2 is 1.91 bits per heavy atom. The molecule has 0 radical (unpaired) electrons. The van der Waals surface area contributed by atoms with E-state index >= 15 is 0 Å². The topological polar surface area (TPSA) is 45.1 Å². The zero-order valence-corrected chi connectivity index (χ0v) is 12.8. The second-order valence-corrected chi connectivity index (χ2v) is 6.28. The fourth-order valence-corrected chi connectivity index (χ4v) is 3.21. The maximum absolute atomic E-state index is 12.9. The summed E-state index contributed by atoms with van der Waals surface area (Å²) >= 11 is 1.60. The summed E-state index contributed by atoms with van der Waals surface area (Å²) in [5, 5.41) is 13.7. The van der Waals surface area contributed by atoms with Gasteiger partial charge in [-0.1, -0.05) is 35.6 Å². The molecular weight excluding hydrogens is 299 g/mol. The third kappa shape index (κ3) is 3.61. The van der Waals surface area contributed by atoms with Crippen molar-refractivity contribution in [1.29, 1.82) is 0 Å². The molecule has 3 aromatic rings. The molecule has 0 spiro atoms. The van der Waals surface area contributed by atoms with Crippen LogP contribution in [0.5, 0.6) is 0 Å². The highest BCUT2D eigenvalue weighted by Crippen LogP contribution is 2.25. The van der Waals surface area contributed by atoms with Crippen molar-refractivity contribution in [2.75, 3.05) is 18.5 Å². The standard InChI is InChI=1S/C17H17FN2OS/c18-14-7-5-12(6-8-14)9-13(11-21)10-19-17-20-15-3-1-2-4-16(15)22-17/h1-8,13,21H,9-11H2,(H,19,20)/t13-/m1/s1. The largest absolute Gasteiger partial charge is 0.396 e. The Labute approximate surface area is 132 Å². The minimum Gasteiger partial charge on any atom is -0.396 e. The van der Waals surface area contributed by atoms with Crippen molar-refractivity contribution in [3.05, 3.63) is 59.9 Å². The first-order valence-corrected chi connectivity index (χ1v) is 8.01. The molecule has 0 aliphatic carbocycles. The summed E-state index contributed by atoms with van der Waals surface area (Å²) in [5.41, 5.74) is 2.00. The van der Waals surface area contributed by atoms with Crippen LogP contribution in [0.3, 0.4) is 0 Å². The first-order chi connectivity index (χ1) is 10.7. The van der Waals surface area contributed by atoms with E-state index in [0.717, 1.165) is 20.9 Å². The number of hydrogen-bond donors (Lipinski definition) is 2. The molecule has 2 N–H and O–H groups in total. The van der Waals surface area contributed by atoms with Crippen LogP contribution in [0.15, 0.2) is 48.5 Å². The molecular formula is C17H17FN2OS. The molecule has 1 atom stereocenters. The smallest absolute Gasteiger partial charge is 0.183 e. The first kappa shape index (κ1) is 14.9. The van der Waals surface area contributed by atoms with Gasteiger partial charge < -0.3 is 10.4 Å². The molecule has 0 saturated heterocycles. The van der Waals surface area contributed by atoms with Gasteiger partial charge in [0.2, 0.25) is 0 Å². The molecule has 1 aromatic heterocycles. The number of aliphatic hydroxyl groups excluding tert-OH is 1. The number of halogens is 1. The number of para-hydroxylation sites is 1. The summed E-state index contributed by atoms with van der Waals surface area (Å²) in [6.07, 6.45) is 0.703. The lowest BCUT2D eigenvalue weighted by molar-refractivity contribution is 0.232. The van der Waals surface area contributed by atoms with Crippen molar-refractivity contribution in [2.24, 2.45) is 5.92 Å². The second kappa shape index (κ2) is 6.85. The lowest BCUT2D eigenvalue weighted by Crippen LogP contribution is -2.20. The molecule has 1 heterocycles. The van der Waals surface area contributed by atoms with E-state index in [1.54, 1.807) is 23.5 Å². The molecule has 114 valence electrons. The molecule has 0 bridgehead atoms. The zero-order chi connectivity index (χ0) is 15.4. The van der Waals surface area contributed by atoms with Gasteiger partial charge in [-0.15, -0.1) is 0 Å². The summed E-state index contributed by atoms with van der Waals surface area (Å²) in [6, 6.07) is 14.4. The average molecular weight is 316 g/mol. The van der Waals surface area contributed by atoms with Crippen molar-refractivity contribution < 1.29 is 9.50 Å². The van der Waals surface area contributed by atoms with Crippen LogP contribution in [0.1, 0.15) is 5.56 Å². The van der Waals surface area contributed by atoms with Gasteiger partial charge in [0.05, 0.1) is 10.2 Å². The van der Waals surface area contributed by atoms with Gasteiger partial charge in [-0.3, -0.25) is 0 Å². The molecule has 22 heavy (non-hydrogen) atoms. The Balaban J connectivity index is 1.61. The molecule has 0 unspecified atom stereocenters. The lowest BCUT2D eigenvalue weighted by atomic mass is 10.00. The molecule has 0 amide bonds. The molecule has 3 rings (SSSR count). The van der Waals surface area contributed by atoms with E-state index in [2.05, 4.69) is 10.3 Å². The van der Waals surface area contributed by atoms with Gasteiger partial charge in [-0.25, -0.2) is 9.37 Å². The quantitative estimate of drug-likeness (QED) is 0.729. The minimum atomic E-state index is -0.239. The average Bonchev–Trinajstić information content (AvgIpc) is 2.96. The second-order valence-electron chi connectivity index (χ2n) is 5.25. The van der Waals surface area contributed by atoms with Gasteiger partial charge >= 0.3 is 0 Å². The van der Waals surface area contributed by atoms with E-state index in [1.807, 2.05) is 24.3 Å². The minimum absolute atomic E-state index is 0.0671. The summed E-state index contributed by atoms with van der Waals surface area (Å²) in [4.78, 5) is 4.51. The van der Waals surface area contributed by atoms with Crippen molar-refractivity contribution in [3.8, 4) is 0 Å². The molecule has 2 aromatic carbocycles. The van der Waals surface area contributed by atoms with Crippen LogP contribution in [0, 0.1) is 11.7 Å². The number of fused-ring (bicyclic) bond motifs is 1. The van der Waals surface area contributed by atoms with Gasteiger partial charge in [0.1, 0.15) is 5.82 Å². The Hall–Kier alpha value is -1.98. The number of thiazole rings is 1. The van der Waals surface area contributed by atoms with E-state index in [9.17, 15) is 9.50 Å². The molecule has 5 heteroatoms. The summed E-state index contributed by atoms with van der Waals surface area (Å²) in [5.74, 6) is -0.172. The number of hydrogen-bond acceptors (Lipinski definition) is 4. The van der Waals surface area contributed by atoms with Crippen molar-refractivity contribution >= 4 is 26.7 Å². The fraction of sp³-hybridized carbons (Fsp3) is 0.235. The van der Waals surface area contributed by atoms with Gasteiger partial charge in [0, 0.05) is 19.1 Å². The maximum Gasteiger partial charge on any atom is 0.183 e. The van der Waals surface area contributed by atoms with E-state index in [1.165, 1.54) is 12.1 Å². The predicted molar refractivity (Wildman–Crippen MR) is 88.8 cm³/mol. The normalized spacial score (nSPS) is 12.5. The highest BCUT2D eigenvalue weighted by atomic mass is 32.1. The van der Waals surface area contributed by atoms with Gasteiger partial charge in [-0.05, 0) is 36.2 Å². The Morgan fingerprint density at radius 3 is 2.64 bits per heavy atom. The lowest BCUT2D eigenvalue weighted by Gasteiger charge is -2.14. The fourth-order valence-electron chi connectivity index (χ4n) is 2.33. The monoisotopic (exact) mass is 316 g/mol. The predicted octanol–water partition coefficient (Wildman–Crippen LogP) is 3.70. The van der Waals surface area contributed by atoms with Crippen molar-refractivity contribution in [3.63, 3.8) is 0 Å². The highest BCUT2D eigenvalue weighted by Gasteiger charge is 2.10. The zero-order valence-electron chi connectivity index (χ0n) is 12.0. The Kier molecular flexibility index (Phi) is 4.65. The van der Waals surface area contributed by atoms with Crippen molar-refractivity contribution in [1.82, 2.24) is 4.98 Å². The number of aliphatic hydroxyl groups is 1. The first-order valence-electron chi connectivity index (χ1n) is 7.19. The Bertz CT molecular complexity index is 709. The van der Waals surface area contributed by atoms with Gasteiger partial charge in [0.25, 0.3) is 0 Å². The van der Waals surface area contributed by atoms with E-state index < -0.39 is 0 Å². The number of nitrogens with zero attached hydrogens (tertiary/aromatic N) is 1. The van der Waals surface area contributed by atoms with E-state index in [0.29, 0.717) is 13.0 Å². The number of anilines is 1. The van der Waals surface area contributed by atoms with Gasteiger partial charge in [-0.2, -0.15) is 0 Å². The Morgan fingerprint density at radius 1 is 1.14 bits per heavy atom. The van der Waals surface area contributed by atoms with E-state index in [4.69, 9.17) is 0 Å². The number of rotatable bonds is 6. The molecule has 0 fully saturated rings. The van der Waals surface area contributed by atoms with E-state index in [-0.39, 0.29) is 18.3 Å². The number of aromatic nitrogens is 1. The van der Waals surface area contributed by atoms with Crippen LogP contribution in [0.4, 0.5) is 9.52 Å². The van der Waals surface area contributed by atoms with Crippen LogP contribution in [0.25, 0.3) is 10.2 Å². The molecule has 0 aliphatic heterocycles. The van der Waals surface area contributed by atoms with Crippen LogP contribution in [0.2, 0.25) is 0 Å². The van der Waals surface area contributed by atoms with Crippen LogP contribution >= 0.6 is 11.3 Å². The number of benzene rings is 2. The maximum atomic E-state index is 12.9.